The molecule has 0 fully saturated rings. The van der Waals surface area contributed by atoms with Gasteiger partial charge in [-0.1, -0.05) is 23.3 Å². The summed E-state index contributed by atoms with van der Waals surface area (Å²) in [4.78, 5) is 0. The lowest BCUT2D eigenvalue weighted by atomic mass is 9.94. The molecular formula is C12H21N. The molecule has 0 aromatic carbocycles. The van der Waals surface area contributed by atoms with Gasteiger partial charge in [0.25, 0.3) is 0 Å². The quantitative estimate of drug-likeness (QED) is 0.652. The summed E-state index contributed by atoms with van der Waals surface area (Å²) < 4.78 is 0. The Kier molecular flexibility index (Phi) is 2.97. The van der Waals surface area contributed by atoms with E-state index >= 15 is 0 Å². The highest BCUT2D eigenvalue weighted by Crippen LogP contribution is 2.19. The summed E-state index contributed by atoms with van der Waals surface area (Å²) in [6.45, 7) is 11.0. The van der Waals surface area contributed by atoms with Crippen LogP contribution >= 0.6 is 0 Å². The van der Waals surface area contributed by atoms with Crippen molar-refractivity contribution in [2.45, 2.75) is 52.6 Å². The zero-order valence-corrected chi connectivity index (χ0v) is 9.44. The van der Waals surface area contributed by atoms with Crippen LogP contribution in [0.5, 0.6) is 0 Å². The fourth-order valence-electron chi connectivity index (χ4n) is 1.70. The lowest BCUT2D eigenvalue weighted by molar-refractivity contribution is 0.381. The van der Waals surface area contributed by atoms with Crippen molar-refractivity contribution in [3.63, 3.8) is 0 Å². The van der Waals surface area contributed by atoms with Gasteiger partial charge < -0.3 is 5.32 Å². The van der Waals surface area contributed by atoms with Crippen molar-refractivity contribution in [3.05, 3.63) is 23.3 Å². The molecular weight excluding hydrogens is 158 g/mol. The molecule has 1 nitrogen and oxygen atoms in total. The smallest absolute Gasteiger partial charge is 0.0319 e. The van der Waals surface area contributed by atoms with Crippen LogP contribution in [0, 0.1) is 0 Å². The minimum Gasteiger partial charge on any atom is -0.305 e. The van der Waals surface area contributed by atoms with Crippen molar-refractivity contribution >= 4 is 0 Å². The first-order valence-electron chi connectivity index (χ1n) is 5.01. The molecule has 0 saturated carbocycles. The topological polar surface area (TPSA) is 12.0 Å². The zero-order valence-electron chi connectivity index (χ0n) is 9.44. The van der Waals surface area contributed by atoms with Crippen molar-refractivity contribution in [2.75, 3.05) is 0 Å². The van der Waals surface area contributed by atoms with E-state index in [-0.39, 0.29) is 5.54 Å². The van der Waals surface area contributed by atoms with Gasteiger partial charge in [0, 0.05) is 11.6 Å². The Hall–Kier alpha value is -0.560. The van der Waals surface area contributed by atoms with Gasteiger partial charge in [-0.3, -0.25) is 0 Å². The highest BCUT2D eigenvalue weighted by molar-refractivity contribution is 5.29. The standard InChI is InChI=1S/C12H21N/c1-9-6-7-11(10(2)8-9)13-12(3,4)5/h6,8,11,13H,7H2,1-5H3. The predicted octanol–water partition coefficient (Wildman–Crippen LogP) is 3.04. The van der Waals surface area contributed by atoms with Crippen LogP contribution in [0.1, 0.15) is 41.0 Å². The predicted molar refractivity (Wildman–Crippen MR) is 58.8 cm³/mol. The summed E-state index contributed by atoms with van der Waals surface area (Å²) in [5.74, 6) is 0. The SMILES string of the molecule is CC1=CCC(NC(C)(C)C)C(C)=C1. The first-order valence-corrected chi connectivity index (χ1v) is 5.01. The molecule has 1 heteroatoms. The third-order valence-electron chi connectivity index (χ3n) is 2.29. The van der Waals surface area contributed by atoms with Crippen molar-refractivity contribution in [1.82, 2.24) is 5.32 Å². The Morgan fingerprint density at radius 2 is 1.92 bits per heavy atom. The van der Waals surface area contributed by atoms with Gasteiger partial charge in [-0.15, -0.1) is 0 Å². The Bertz CT molecular complexity index is 240. The molecule has 74 valence electrons. The van der Waals surface area contributed by atoms with Gasteiger partial charge in [0.15, 0.2) is 0 Å². The number of hydrogen-bond donors (Lipinski definition) is 1. The molecule has 0 amide bonds. The van der Waals surface area contributed by atoms with Crippen LogP contribution < -0.4 is 5.32 Å². The van der Waals surface area contributed by atoms with E-state index in [1.165, 1.54) is 11.1 Å². The van der Waals surface area contributed by atoms with Gasteiger partial charge in [-0.2, -0.15) is 0 Å². The van der Waals surface area contributed by atoms with Gasteiger partial charge in [0.2, 0.25) is 0 Å². The zero-order chi connectivity index (χ0) is 10.1. The van der Waals surface area contributed by atoms with Crippen molar-refractivity contribution in [2.24, 2.45) is 0 Å². The Morgan fingerprint density at radius 1 is 1.31 bits per heavy atom. The normalized spacial score (nSPS) is 23.9. The second-order valence-electron chi connectivity index (χ2n) is 5.02. The van der Waals surface area contributed by atoms with Crippen molar-refractivity contribution < 1.29 is 0 Å². The van der Waals surface area contributed by atoms with Gasteiger partial charge in [0.05, 0.1) is 0 Å². The summed E-state index contributed by atoms with van der Waals surface area (Å²) in [7, 11) is 0. The lowest BCUT2D eigenvalue weighted by Crippen LogP contribution is -2.44. The first kappa shape index (κ1) is 10.5. The van der Waals surface area contributed by atoms with E-state index in [4.69, 9.17) is 0 Å². The molecule has 0 aromatic rings. The highest BCUT2D eigenvalue weighted by atomic mass is 15.0. The maximum atomic E-state index is 3.62. The maximum absolute atomic E-state index is 3.62. The van der Waals surface area contributed by atoms with Crippen molar-refractivity contribution in [3.8, 4) is 0 Å². The Balaban J connectivity index is 2.62. The van der Waals surface area contributed by atoms with Crippen LogP contribution in [0.2, 0.25) is 0 Å². The van der Waals surface area contributed by atoms with Crippen LogP contribution in [0.4, 0.5) is 0 Å². The third-order valence-corrected chi connectivity index (χ3v) is 2.29. The number of hydrogen-bond acceptors (Lipinski definition) is 1. The molecule has 1 atom stereocenters. The summed E-state index contributed by atoms with van der Waals surface area (Å²) in [5, 5.41) is 3.62. The Morgan fingerprint density at radius 3 is 2.38 bits per heavy atom. The fourth-order valence-corrected chi connectivity index (χ4v) is 1.70. The number of rotatable bonds is 1. The average molecular weight is 179 g/mol. The van der Waals surface area contributed by atoms with E-state index in [9.17, 15) is 0 Å². The summed E-state index contributed by atoms with van der Waals surface area (Å²) in [5.41, 5.74) is 3.05. The second-order valence-corrected chi connectivity index (χ2v) is 5.02. The van der Waals surface area contributed by atoms with Crippen LogP contribution in [-0.2, 0) is 0 Å². The maximum Gasteiger partial charge on any atom is 0.0319 e. The van der Waals surface area contributed by atoms with Gasteiger partial charge in [-0.25, -0.2) is 0 Å². The average Bonchev–Trinajstić information content (AvgIpc) is 1.93. The fraction of sp³-hybridized carbons (Fsp3) is 0.667. The van der Waals surface area contributed by atoms with Crippen LogP contribution in [-0.4, -0.2) is 11.6 Å². The van der Waals surface area contributed by atoms with E-state index in [0.717, 1.165) is 6.42 Å². The van der Waals surface area contributed by atoms with Crippen LogP contribution in [0.3, 0.4) is 0 Å². The van der Waals surface area contributed by atoms with Gasteiger partial charge >= 0.3 is 0 Å². The molecule has 0 saturated heterocycles. The van der Waals surface area contributed by atoms with E-state index < -0.39 is 0 Å². The van der Waals surface area contributed by atoms with Gasteiger partial charge in [0.1, 0.15) is 0 Å². The first-order chi connectivity index (χ1) is 5.88. The van der Waals surface area contributed by atoms with E-state index in [0.29, 0.717) is 6.04 Å². The Labute approximate surface area is 81.9 Å². The van der Waals surface area contributed by atoms with Crippen molar-refractivity contribution in [1.29, 1.82) is 0 Å². The molecule has 1 unspecified atom stereocenters. The molecule has 0 spiro atoms. The lowest BCUT2D eigenvalue weighted by Gasteiger charge is -2.30. The molecule has 0 heterocycles. The van der Waals surface area contributed by atoms with E-state index in [2.05, 4.69) is 52.1 Å². The second kappa shape index (κ2) is 3.67. The van der Waals surface area contributed by atoms with E-state index in [1.54, 1.807) is 0 Å². The number of nitrogens with one attached hydrogen (secondary N) is 1. The molecule has 1 N–H and O–H groups in total. The molecule has 1 rings (SSSR count). The molecule has 13 heavy (non-hydrogen) atoms. The number of allylic oxidation sites excluding steroid dienone is 2. The van der Waals surface area contributed by atoms with Crippen LogP contribution in [0.25, 0.3) is 0 Å². The molecule has 1 aliphatic rings. The summed E-state index contributed by atoms with van der Waals surface area (Å²) >= 11 is 0. The van der Waals surface area contributed by atoms with E-state index in [1.807, 2.05) is 0 Å². The minimum atomic E-state index is 0.207. The summed E-state index contributed by atoms with van der Waals surface area (Å²) in [6.07, 6.45) is 5.70. The monoisotopic (exact) mass is 179 g/mol. The molecule has 1 aliphatic carbocycles. The highest BCUT2D eigenvalue weighted by Gasteiger charge is 2.19. The molecule has 0 aromatic heterocycles. The van der Waals surface area contributed by atoms with Crippen LogP contribution in [0.15, 0.2) is 23.3 Å². The minimum absolute atomic E-state index is 0.207. The third kappa shape index (κ3) is 3.35. The molecule has 0 bridgehead atoms. The largest absolute Gasteiger partial charge is 0.305 e. The summed E-state index contributed by atoms with van der Waals surface area (Å²) in [6, 6.07) is 0.531. The van der Waals surface area contributed by atoms with Gasteiger partial charge in [-0.05, 0) is 41.0 Å². The molecule has 0 aliphatic heterocycles. The molecule has 0 radical (unpaired) electrons.